The average molecular weight is 380 g/mol. The van der Waals surface area contributed by atoms with E-state index in [1.807, 2.05) is 36.2 Å². The van der Waals surface area contributed by atoms with E-state index in [2.05, 4.69) is 20.2 Å². The molecule has 0 radical (unpaired) electrons. The maximum Gasteiger partial charge on any atom is 0.236 e. The number of carbonyl (C=O) groups excluding carboxylic acids is 1. The SMILES string of the molecule is Cc1ccc(Nc2nccc([C@H]3CCCN(CC(=O)N4CCCC4)C3)n2)nc1. The zero-order chi connectivity index (χ0) is 19.3. The molecule has 4 heterocycles. The summed E-state index contributed by atoms with van der Waals surface area (Å²) in [4.78, 5) is 30.2. The Balaban J connectivity index is 1.39. The van der Waals surface area contributed by atoms with Crippen LogP contribution in [0.3, 0.4) is 0 Å². The van der Waals surface area contributed by atoms with Crippen molar-refractivity contribution in [3.05, 3.63) is 41.9 Å². The summed E-state index contributed by atoms with van der Waals surface area (Å²) in [5, 5.41) is 3.18. The van der Waals surface area contributed by atoms with Crippen LogP contribution in [-0.2, 0) is 4.79 Å². The van der Waals surface area contributed by atoms with Gasteiger partial charge in [0.25, 0.3) is 0 Å². The lowest BCUT2D eigenvalue weighted by Gasteiger charge is -2.33. The van der Waals surface area contributed by atoms with Crippen molar-refractivity contribution in [2.45, 2.75) is 38.5 Å². The molecule has 2 saturated heterocycles. The third kappa shape index (κ3) is 4.65. The number of pyridine rings is 1. The number of hydrogen-bond acceptors (Lipinski definition) is 6. The summed E-state index contributed by atoms with van der Waals surface area (Å²) in [5.74, 6) is 1.91. The van der Waals surface area contributed by atoms with E-state index in [-0.39, 0.29) is 5.91 Å². The molecule has 148 valence electrons. The molecule has 7 heteroatoms. The van der Waals surface area contributed by atoms with Gasteiger partial charge in [0.2, 0.25) is 11.9 Å². The van der Waals surface area contributed by atoms with E-state index in [0.29, 0.717) is 18.4 Å². The van der Waals surface area contributed by atoms with E-state index >= 15 is 0 Å². The maximum absolute atomic E-state index is 12.5. The molecule has 1 amide bonds. The second-order valence-electron chi connectivity index (χ2n) is 7.81. The summed E-state index contributed by atoms with van der Waals surface area (Å²) in [5.41, 5.74) is 2.15. The van der Waals surface area contributed by atoms with E-state index in [9.17, 15) is 4.79 Å². The highest BCUT2D eigenvalue weighted by atomic mass is 16.2. The second-order valence-corrected chi connectivity index (χ2v) is 7.81. The van der Waals surface area contributed by atoms with Crippen molar-refractivity contribution < 1.29 is 4.79 Å². The van der Waals surface area contributed by atoms with Gasteiger partial charge >= 0.3 is 0 Å². The van der Waals surface area contributed by atoms with Crippen LogP contribution in [0.4, 0.5) is 11.8 Å². The summed E-state index contributed by atoms with van der Waals surface area (Å²) in [6, 6.07) is 5.93. The Morgan fingerprint density at radius 1 is 1.14 bits per heavy atom. The second kappa shape index (κ2) is 8.65. The summed E-state index contributed by atoms with van der Waals surface area (Å²) >= 11 is 0. The third-order valence-corrected chi connectivity index (χ3v) is 5.57. The number of rotatable bonds is 5. The number of nitrogens with one attached hydrogen (secondary N) is 1. The monoisotopic (exact) mass is 380 g/mol. The van der Waals surface area contributed by atoms with Gasteiger partial charge in [-0.05, 0) is 56.8 Å². The number of hydrogen-bond donors (Lipinski definition) is 1. The van der Waals surface area contributed by atoms with Crippen LogP contribution in [0.25, 0.3) is 0 Å². The highest BCUT2D eigenvalue weighted by Crippen LogP contribution is 2.26. The van der Waals surface area contributed by atoms with Crippen LogP contribution in [0.2, 0.25) is 0 Å². The van der Waals surface area contributed by atoms with Crippen LogP contribution < -0.4 is 5.32 Å². The number of piperidine rings is 1. The van der Waals surface area contributed by atoms with Gasteiger partial charge in [0.1, 0.15) is 5.82 Å². The lowest BCUT2D eigenvalue weighted by Crippen LogP contribution is -2.43. The fourth-order valence-corrected chi connectivity index (χ4v) is 4.01. The fraction of sp³-hybridized carbons (Fsp3) is 0.524. The molecule has 2 fully saturated rings. The Morgan fingerprint density at radius 3 is 2.79 bits per heavy atom. The Kier molecular flexibility index (Phi) is 5.81. The number of likely N-dealkylation sites (tertiary alicyclic amines) is 2. The van der Waals surface area contributed by atoms with Crippen molar-refractivity contribution in [3.63, 3.8) is 0 Å². The van der Waals surface area contributed by atoms with Gasteiger partial charge in [-0.2, -0.15) is 0 Å². The normalized spacial score (nSPS) is 20.3. The molecule has 2 aliphatic heterocycles. The molecular weight excluding hydrogens is 352 g/mol. The Labute approximate surface area is 166 Å². The van der Waals surface area contributed by atoms with Crippen molar-refractivity contribution >= 4 is 17.7 Å². The molecule has 2 aliphatic rings. The molecule has 0 saturated carbocycles. The van der Waals surface area contributed by atoms with Gasteiger partial charge in [-0.3, -0.25) is 9.69 Å². The molecule has 2 aromatic heterocycles. The highest BCUT2D eigenvalue weighted by Gasteiger charge is 2.26. The van der Waals surface area contributed by atoms with Crippen molar-refractivity contribution in [1.29, 1.82) is 0 Å². The van der Waals surface area contributed by atoms with E-state index in [4.69, 9.17) is 4.98 Å². The number of amides is 1. The molecule has 0 aromatic carbocycles. The first-order chi connectivity index (χ1) is 13.7. The van der Waals surface area contributed by atoms with Crippen molar-refractivity contribution in [2.75, 3.05) is 38.0 Å². The first-order valence-corrected chi connectivity index (χ1v) is 10.2. The lowest BCUT2D eigenvalue weighted by atomic mass is 9.94. The predicted molar refractivity (Wildman–Crippen MR) is 109 cm³/mol. The summed E-state index contributed by atoms with van der Waals surface area (Å²) in [6.45, 7) is 6.24. The standard InChI is InChI=1S/C21H28N6O/c1-16-6-7-19(23-13-16)25-21-22-9-8-18(24-21)17-5-4-10-26(14-17)15-20(28)27-11-2-3-12-27/h6-9,13,17H,2-5,10-12,14-15H2,1H3,(H,22,23,24,25)/t17-/m0/s1. The summed E-state index contributed by atoms with van der Waals surface area (Å²) in [7, 11) is 0. The molecule has 7 nitrogen and oxygen atoms in total. The fourth-order valence-electron chi connectivity index (χ4n) is 4.01. The smallest absolute Gasteiger partial charge is 0.236 e. The first-order valence-electron chi connectivity index (χ1n) is 10.2. The van der Waals surface area contributed by atoms with E-state index in [0.717, 1.165) is 68.9 Å². The largest absolute Gasteiger partial charge is 0.342 e. The van der Waals surface area contributed by atoms with E-state index in [1.54, 1.807) is 6.20 Å². The Hall–Kier alpha value is -2.54. The van der Waals surface area contributed by atoms with Gasteiger partial charge in [-0.15, -0.1) is 0 Å². The van der Waals surface area contributed by atoms with Gasteiger partial charge in [-0.25, -0.2) is 15.0 Å². The number of anilines is 2. The van der Waals surface area contributed by atoms with Gasteiger partial charge in [0, 0.05) is 37.9 Å². The average Bonchev–Trinajstić information content (AvgIpc) is 3.25. The first kappa shape index (κ1) is 18.8. The molecule has 4 rings (SSSR count). The number of carbonyl (C=O) groups is 1. The maximum atomic E-state index is 12.5. The molecule has 0 bridgehead atoms. The predicted octanol–water partition coefficient (Wildman–Crippen LogP) is 2.73. The zero-order valence-corrected chi connectivity index (χ0v) is 16.5. The van der Waals surface area contributed by atoms with Gasteiger partial charge in [-0.1, -0.05) is 6.07 Å². The minimum absolute atomic E-state index is 0.272. The number of nitrogens with zero attached hydrogens (tertiary/aromatic N) is 5. The van der Waals surface area contributed by atoms with Gasteiger partial charge in [0.15, 0.2) is 0 Å². The molecule has 2 aromatic rings. The van der Waals surface area contributed by atoms with Crippen LogP contribution in [0.15, 0.2) is 30.6 Å². The quantitative estimate of drug-likeness (QED) is 0.860. The van der Waals surface area contributed by atoms with Crippen LogP contribution in [0.5, 0.6) is 0 Å². The zero-order valence-electron chi connectivity index (χ0n) is 16.5. The number of aromatic nitrogens is 3. The van der Waals surface area contributed by atoms with Crippen molar-refractivity contribution in [1.82, 2.24) is 24.8 Å². The van der Waals surface area contributed by atoms with E-state index in [1.165, 1.54) is 0 Å². The molecule has 1 atom stereocenters. The Bertz CT molecular complexity index is 803. The molecular formula is C21H28N6O. The lowest BCUT2D eigenvalue weighted by molar-refractivity contribution is -0.131. The summed E-state index contributed by atoms with van der Waals surface area (Å²) in [6.07, 6.45) is 8.08. The van der Waals surface area contributed by atoms with E-state index < -0.39 is 0 Å². The highest BCUT2D eigenvalue weighted by molar-refractivity contribution is 5.78. The minimum Gasteiger partial charge on any atom is -0.342 e. The van der Waals surface area contributed by atoms with Crippen LogP contribution >= 0.6 is 0 Å². The van der Waals surface area contributed by atoms with Crippen molar-refractivity contribution in [3.8, 4) is 0 Å². The number of aryl methyl sites for hydroxylation is 1. The van der Waals surface area contributed by atoms with Crippen LogP contribution in [0, 0.1) is 6.92 Å². The summed E-state index contributed by atoms with van der Waals surface area (Å²) < 4.78 is 0. The molecule has 1 N–H and O–H groups in total. The molecule has 28 heavy (non-hydrogen) atoms. The Morgan fingerprint density at radius 2 is 2.00 bits per heavy atom. The van der Waals surface area contributed by atoms with Crippen LogP contribution in [-0.4, -0.2) is 63.4 Å². The van der Waals surface area contributed by atoms with Gasteiger partial charge < -0.3 is 10.2 Å². The topological polar surface area (TPSA) is 74.2 Å². The minimum atomic E-state index is 0.272. The third-order valence-electron chi connectivity index (χ3n) is 5.57. The molecule has 0 spiro atoms. The van der Waals surface area contributed by atoms with Crippen molar-refractivity contribution in [2.24, 2.45) is 0 Å². The molecule has 0 unspecified atom stereocenters. The van der Waals surface area contributed by atoms with Crippen LogP contribution in [0.1, 0.15) is 42.9 Å². The molecule has 0 aliphatic carbocycles. The van der Waals surface area contributed by atoms with Gasteiger partial charge in [0.05, 0.1) is 12.2 Å².